The monoisotopic (exact) mass is 953 g/mol. The van der Waals surface area contributed by atoms with Gasteiger partial charge in [0.05, 0.1) is 12.6 Å². The van der Waals surface area contributed by atoms with Gasteiger partial charge >= 0.3 is 12.2 Å². The van der Waals surface area contributed by atoms with Gasteiger partial charge in [-0.25, -0.2) is 9.59 Å². The van der Waals surface area contributed by atoms with Crippen molar-refractivity contribution in [1.82, 2.24) is 16.0 Å². The zero-order valence-electron chi connectivity index (χ0n) is 39.2. The molecule has 0 aromatic heterocycles. The molecule has 4 N–H and O–H groups in total. The number of hydrogen-bond donors (Lipinski definition) is 4. The number of carbonyl (C=O) groups is 4. The van der Waals surface area contributed by atoms with Crippen molar-refractivity contribution in [2.45, 2.75) is 56.5 Å². The van der Waals surface area contributed by atoms with E-state index in [1.165, 1.54) is 24.3 Å². The number of anilines is 1. The third-order valence-corrected chi connectivity index (χ3v) is 11.7. The molecule has 0 spiro atoms. The molecule has 0 bridgehead atoms. The van der Waals surface area contributed by atoms with E-state index in [0.29, 0.717) is 30.6 Å². The molecule has 3 amide bonds. The summed E-state index contributed by atoms with van der Waals surface area (Å²) >= 11 is 0. The summed E-state index contributed by atoms with van der Waals surface area (Å²) < 4.78 is 21.4. The fraction of sp³-hybridized carbons (Fsp3) is 0.193. The first-order valence-electron chi connectivity index (χ1n) is 23.2. The number of alkyl carbamates (subject to hydrolysis) is 1. The number of ether oxygens (including phenoxy) is 4. The summed E-state index contributed by atoms with van der Waals surface area (Å²) in [5.41, 5.74) is 5.16. The van der Waals surface area contributed by atoms with Crippen molar-refractivity contribution in [3.05, 3.63) is 232 Å². The average Bonchev–Trinajstić information content (AvgIpc) is 3.42. The van der Waals surface area contributed by atoms with E-state index in [4.69, 9.17) is 18.9 Å². The van der Waals surface area contributed by atoms with E-state index in [1.807, 2.05) is 109 Å². The van der Waals surface area contributed by atoms with Crippen molar-refractivity contribution in [3.8, 4) is 11.5 Å². The van der Waals surface area contributed by atoms with E-state index in [9.17, 15) is 24.1 Å². The summed E-state index contributed by atoms with van der Waals surface area (Å²) in [7, 11) is 1.64. The zero-order valence-corrected chi connectivity index (χ0v) is 39.2. The second-order valence-electron chi connectivity index (χ2n) is 16.6. The van der Waals surface area contributed by atoms with Crippen LogP contribution >= 0.6 is 0 Å². The minimum absolute atomic E-state index is 0.00457. The Balaban J connectivity index is 1.06. The number of benzene rings is 7. The van der Waals surface area contributed by atoms with Gasteiger partial charge < -0.3 is 34.9 Å². The van der Waals surface area contributed by atoms with Crippen molar-refractivity contribution >= 4 is 35.4 Å². The van der Waals surface area contributed by atoms with Crippen LogP contribution in [-0.2, 0) is 44.2 Å². The van der Waals surface area contributed by atoms with Gasteiger partial charge in [-0.05, 0) is 113 Å². The summed E-state index contributed by atoms with van der Waals surface area (Å²) in [6, 6.07) is 57.2. The normalized spacial score (nSPS) is 11.8. The number of nitrogens with one attached hydrogen (secondary N) is 4. The van der Waals surface area contributed by atoms with Crippen LogP contribution in [0.1, 0.15) is 52.6 Å². The first-order chi connectivity index (χ1) is 34.7. The topological polar surface area (TPSA) is 183 Å². The molecule has 0 radical (unpaired) electrons. The van der Waals surface area contributed by atoms with Crippen molar-refractivity contribution in [1.29, 1.82) is 0 Å². The Morgan fingerprint density at radius 3 is 1.66 bits per heavy atom. The molecule has 14 nitrogen and oxygen atoms in total. The first kappa shape index (κ1) is 50.3. The highest BCUT2D eigenvalue weighted by atomic mass is 16.7. The highest BCUT2D eigenvalue weighted by molar-refractivity contribution is 5.98. The van der Waals surface area contributed by atoms with Crippen molar-refractivity contribution in [3.63, 3.8) is 0 Å². The maximum absolute atomic E-state index is 14.3. The smallest absolute Gasteiger partial charge is 0.497 e. The SMILES string of the molecule is COc1ccc(C(NCCCC[C@H](NC(=O)[C@H](Cc2ccccc2)NC(=O)OCc2ccccc2)C(=O)Nc2ccc(COC(=O)Oc3ccc(N=O)cc3)cc2)(c2ccccc2)c2ccccc2)cc1. The predicted octanol–water partition coefficient (Wildman–Crippen LogP) is 10.5. The summed E-state index contributed by atoms with van der Waals surface area (Å²) in [5, 5.41) is 15.3. The Morgan fingerprint density at radius 1 is 0.535 bits per heavy atom. The van der Waals surface area contributed by atoms with Crippen LogP contribution in [0.15, 0.2) is 199 Å². The number of carbonyl (C=O) groups excluding carboxylic acids is 4. The van der Waals surface area contributed by atoms with Gasteiger partial charge in [-0.3, -0.25) is 14.9 Å². The highest BCUT2D eigenvalue weighted by Crippen LogP contribution is 2.37. The van der Waals surface area contributed by atoms with Crippen LogP contribution in [0.5, 0.6) is 11.5 Å². The van der Waals surface area contributed by atoms with Crippen LogP contribution in [0.4, 0.5) is 21.0 Å². The highest BCUT2D eigenvalue weighted by Gasteiger charge is 2.36. The fourth-order valence-electron chi connectivity index (χ4n) is 8.04. The van der Waals surface area contributed by atoms with Gasteiger partial charge in [-0.15, -0.1) is 4.91 Å². The summed E-state index contributed by atoms with van der Waals surface area (Å²) in [5.74, 6) is -0.112. The molecule has 362 valence electrons. The lowest BCUT2D eigenvalue weighted by Crippen LogP contribution is -2.53. The van der Waals surface area contributed by atoms with Crippen molar-refractivity contribution < 1.29 is 38.1 Å². The number of rotatable bonds is 23. The van der Waals surface area contributed by atoms with E-state index in [0.717, 1.165) is 33.6 Å². The Morgan fingerprint density at radius 2 is 1.07 bits per heavy atom. The minimum Gasteiger partial charge on any atom is -0.497 e. The molecule has 0 saturated heterocycles. The molecule has 0 saturated carbocycles. The van der Waals surface area contributed by atoms with Gasteiger partial charge in [-0.1, -0.05) is 146 Å². The molecule has 0 aliphatic heterocycles. The van der Waals surface area contributed by atoms with Crippen LogP contribution in [0.25, 0.3) is 0 Å². The molecule has 0 heterocycles. The van der Waals surface area contributed by atoms with Crippen LogP contribution in [0.3, 0.4) is 0 Å². The lowest BCUT2D eigenvalue weighted by Gasteiger charge is -2.37. The average molecular weight is 954 g/mol. The fourth-order valence-corrected chi connectivity index (χ4v) is 8.04. The first-order valence-corrected chi connectivity index (χ1v) is 23.2. The summed E-state index contributed by atoms with van der Waals surface area (Å²) in [6.45, 7) is 0.417. The Hall–Kier alpha value is -8.62. The van der Waals surface area contributed by atoms with Crippen LogP contribution < -0.4 is 30.7 Å². The predicted molar refractivity (Wildman–Crippen MR) is 271 cm³/mol. The lowest BCUT2D eigenvalue weighted by atomic mass is 9.77. The maximum Gasteiger partial charge on any atom is 0.514 e. The van der Waals surface area contributed by atoms with Gasteiger partial charge in [0.1, 0.15) is 42.5 Å². The molecule has 14 heteroatoms. The molecule has 0 unspecified atom stereocenters. The van der Waals surface area contributed by atoms with Gasteiger partial charge in [0, 0.05) is 12.1 Å². The third-order valence-electron chi connectivity index (χ3n) is 11.7. The van der Waals surface area contributed by atoms with Gasteiger partial charge in [0.15, 0.2) is 0 Å². The Labute approximate surface area is 412 Å². The van der Waals surface area contributed by atoms with Gasteiger partial charge in [0.2, 0.25) is 11.8 Å². The number of methoxy groups -OCH3 is 1. The number of hydrogen-bond acceptors (Lipinski definition) is 11. The molecule has 71 heavy (non-hydrogen) atoms. The molecular formula is C57H55N5O9. The molecule has 7 aromatic carbocycles. The number of amides is 3. The lowest BCUT2D eigenvalue weighted by molar-refractivity contribution is -0.128. The van der Waals surface area contributed by atoms with E-state index < -0.39 is 41.7 Å². The summed E-state index contributed by atoms with van der Waals surface area (Å²) in [4.78, 5) is 64.9. The number of nitroso groups, excluding NO2 is 1. The molecule has 7 rings (SSSR count). The second kappa shape index (κ2) is 25.7. The van der Waals surface area contributed by atoms with E-state index in [-0.39, 0.29) is 37.5 Å². The van der Waals surface area contributed by atoms with Gasteiger partial charge in [0.25, 0.3) is 0 Å². The molecule has 7 aromatic rings. The zero-order chi connectivity index (χ0) is 49.7. The molecule has 0 fully saturated rings. The Bertz CT molecular complexity index is 2740. The Kier molecular flexibility index (Phi) is 18.2. The van der Waals surface area contributed by atoms with Crippen LogP contribution in [0.2, 0.25) is 0 Å². The number of nitrogens with zero attached hydrogens (tertiary/aromatic N) is 1. The van der Waals surface area contributed by atoms with Crippen LogP contribution in [-0.4, -0.2) is 49.8 Å². The van der Waals surface area contributed by atoms with Crippen molar-refractivity contribution in [2.24, 2.45) is 5.18 Å². The largest absolute Gasteiger partial charge is 0.514 e. The van der Waals surface area contributed by atoms with Gasteiger partial charge in [-0.2, -0.15) is 0 Å². The third kappa shape index (κ3) is 14.5. The minimum atomic E-state index is -1.09. The maximum atomic E-state index is 14.3. The summed E-state index contributed by atoms with van der Waals surface area (Å²) in [6.07, 6.45) is -0.194. The molecular weight excluding hydrogens is 899 g/mol. The molecule has 0 aliphatic rings. The van der Waals surface area contributed by atoms with E-state index in [1.54, 1.807) is 31.4 Å². The quantitative estimate of drug-likeness (QED) is 0.0158. The number of unbranched alkanes of at least 4 members (excludes halogenated alkanes) is 1. The van der Waals surface area contributed by atoms with E-state index >= 15 is 0 Å². The van der Waals surface area contributed by atoms with Crippen molar-refractivity contribution in [2.75, 3.05) is 19.0 Å². The van der Waals surface area contributed by atoms with Crippen LogP contribution in [0, 0.1) is 4.91 Å². The molecule has 2 atom stereocenters. The second-order valence-corrected chi connectivity index (χ2v) is 16.6. The van der Waals surface area contributed by atoms with E-state index in [2.05, 4.69) is 62.8 Å². The molecule has 0 aliphatic carbocycles. The standard InChI is InChI=1S/C57H55N5O9/c1-68-49-33-27-46(28-34-49)57(44-20-10-4-11-21-44,45-22-12-5-13-23-45)58-37-15-14-24-51(53(63)59-47-29-25-43(26-30-47)40-70-56(66)71-50-35-31-48(62-67)32-36-50)60-54(64)52(38-41-16-6-2-7-17-41)61-55(65)69-39-42-18-8-3-9-19-42/h2-13,16-23,25-36,51-52,58H,14-15,24,37-40H2,1H3,(H,59,63)(H,60,64)(H,61,65)/t51-,52-/m0/s1.